The number of primary amides is 1. The maximum Gasteiger partial charge on any atom is 0.255 e. The molecule has 5 nitrogen and oxygen atoms in total. The second-order valence-corrected chi connectivity index (χ2v) is 5.48. The van der Waals surface area contributed by atoms with E-state index in [1.54, 1.807) is 18.0 Å². The highest BCUT2D eigenvalue weighted by molar-refractivity contribution is 7.99. The van der Waals surface area contributed by atoms with Crippen molar-refractivity contribution in [1.29, 1.82) is 0 Å². The number of carbonyl (C=O) groups excluding carboxylic acids is 1. The summed E-state index contributed by atoms with van der Waals surface area (Å²) in [4.78, 5) is 15.6. The van der Waals surface area contributed by atoms with Crippen molar-refractivity contribution in [3.05, 3.63) is 12.0 Å². The lowest BCUT2D eigenvalue weighted by molar-refractivity contribution is -0.124. The Morgan fingerprint density at radius 2 is 2.39 bits per heavy atom. The highest BCUT2D eigenvalue weighted by Crippen LogP contribution is 2.20. The maximum absolute atomic E-state index is 11.4. The third kappa shape index (κ3) is 4.34. The highest BCUT2D eigenvalue weighted by Gasteiger charge is 2.28. The zero-order chi connectivity index (χ0) is 13.6. The van der Waals surface area contributed by atoms with Crippen LogP contribution in [0.4, 0.5) is 0 Å². The molecular formula is C12H21N3O2S. The molecule has 3 N–H and O–H groups in total. The lowest BCUT2D eigenvalue weighted by Gasteiger charge is -2.26. The van der Waals surface area contributed by atoms with Gasteiger partial charge in [-0.05, 0) is 33.2 Å². The van der Waals surface area contributed by atoms with Crippen molar-refractivity contribution in [2.45, 2.75) is 44.4 Å². The molecule has 0 fully saturated rings. The second kappa shape index (κ2) is 6.80. The van der Waals surface area contributed by atoms with Crippen molar-refractivity contribution in [3.8, 4) is 0 Å². The first-order valence-electron chi connectivity index (χ1n) is 6.08. The molecule has 1 rings (SSSR count). The van der Waals surface area contributed by atoms with Crippen LogP contribution < -0.4 is 11.1 Å². The monoisotopic (exact) mass is 271 g/mol. The quantitative estimate of drug-likeness (QED) is 0.555. The summed E-state index contributed by atoms with van der Waals surface area (Å²) >= 11 is 1.55. The van der Waals surface area contributed by atoms with E-state index in [2.05, 4.69) is 10.3 Å². The van der Waals surface area contributed by atoms with Gasteiger partial charge in [0.25, 0.3) is 5.22 Å². The van der Waals surface area contributed by atoms with Crippen molar-refractivity contribution in [1.82, 2.24) is 10.3 Å². The van der Waals surface area contributed by atoms with Crippen molar-refractivity contribution >= 4 is 17.7 Å². The minimum atomic E-state index is -0.623. The molecule has 0 aliphatic heterocycles. The Bertz CT molecular complexity index is 394. The topological polar surface area (TPSA) is 81.2 Å². The molecule has 1 amide bonds. The molecule has 0 saturated carbocycles. The summed E-state index contributed by atoms with van der Waals surface area (Å²) in [6.07, 6.45) is 3.22. The number of nitrogens with one attached hydrogen (secondary N) is 1. The van der Waals surface area contributed by atoms with Gasteiger partial charge in [0.05, 0.1) is 11.2 Å². The summed E-state index contributed by atoms with van der Waals surface area (Å²) < 4.78 is 5.24. The van der Waals surface area contributed by atoms with Gasteiger partial charge in [-0.15, -0.1) is 0 Å². The summed E-state index contributed by atoms with van der Waals surface area (Å²) in [5.74, 6) is 0.551. The molecule has 0 aliphatic carbocycles. The molecule has 0 aromatic carbocycles. The third-order valence-corrected chi connectivity index (χ3v) is 3.68. The van der Waals surface area contributed by atoms with E-state index in [1.165, 1.54) is 0 Å². The van der Waals surface area contributed by atoms with Gasteiger partial charge in [0.15, 0.2) is 0 Å². The number of hydrogen-bond donors (Lipinski definition) is 2. The predicted molar refractivity (Wildman–Crippen MR) is 72.5 cm³/mol. The molecule has 1 atom stereocenters. The summed E-state index contributed by atoms with van der Waals surface area (Å²) in [6, 6.07) is 0. The molecule has 1 aromatic rings. The number of nitrogens with two attached hydrogens (primary N) is 1. The van der Waals surface area contributed by atoms with E-state index in [9.17, 15) is 4.79 Å². The highest BCUT2D eigenvalue weighted by atomic mass is 32.2. The average molecular weight is 271 g/mol. The predicted octanol–water partition coefficient (Wildman–Crippen LogP) is 1.71. The molecule has 1 heterocycles. The Morgan fingerprint density at radius 3 is 2.89 bits per heavy atom. The lowest BCUT2D eigenvalue weighted by atomic mass is 9.95. The smallest absolute Gasteiger partial charge is 0.255 e. The minimum Gasteiger partial charge on any atom is -0.440 e. The van der Waals surface area contributed by atoms with E-state index in [1.807, 2.05) is 20.8 Å². The Morgan fingerprint density at radius 1 is 1.67 bits per heavy atom. The summed E-state index contributed by atoms with van der Waals surface area (Å²) in [6.45, 7) is 6.43. The lowest BCUT2D eigenvalue weighted by Crippen LogP contribution is -2.53. The van der Waals surface area contributed by atoms with Gasteiger partial charge in [0.2, 0.25) is 5.91 Å². The normalized spacial score (nSPS) is 14.4. The molecule has 18 heavy (non-hydrogen) atoms. The minimum absolute atomic E-state index is 0.304. The number of hydrogen-bond acceptors (Lipinski definition) is 5. The molecule has 0 aliphatic rings. The van der Waals surface area contributed by atoms with Crippen LogP contribution in [0.1, 0.15) is 32.4 Å². The Hall–Kier alpha value is -1.01. The SMILES string of the molecule is CCNC(C)(CCCSc1nc(C)co1)C(N)=O. The first-order chi connectivity index (χ1) is 8.48. The zero-order valence-electron chi connectivity index (χ0n) is 11.2. The van der Waals surface area contributed by atoms with Crippen molar-refractivity contribution in [2.75, 3.05) is 12.3 Å². The van der Waals surface area contributed by atoms with Gasteiger partial charge in [-0.3, -0.25) is 4.79 Å². The van der Waals surface area contributed by atoms with Gasteiger partial charge in [-0.1, -0.05) is 18.7 Å². The van der Waals surface area contributed by atoms with E-state index < -0.39 is 5.54 Å². The Balaban J connectivity index is 2.33. The number of nitrogens with zero attached hydrogens (tertiary/aromatic N) is 1. The molecule has 1 unspecified atom stereocenters. The van der Waals surface area contributed by atoms with E-state index in [0.29, 0.717) is 11.6 Å². The van der Waals surface area contributed by atoms with E-state index in [-0.39, 0.29) is 5.91 Å². The molecule has 0 radical (unpaired) electrons. The molecule has 0 bridgehead atoms. The summed E-state index contributed by atoms with van der Waals surface area (Å²) in [5, 5.41) is 3.82. The summed E-state index contributed by atoms with van der Waals surface area (Å²) in [5.41, 5.74) is 5.67. The van der Waals surface area contributed by atoms with Gasteiger partial charge in [0.1, 0.15) is 6.26 Å². The number of likely N-dealkylation sites (N-methyl/N-ethyl adjacent to an activating group) is 1. The molecule has 102 valence electrons. The summed E-state index contributed by atoms with van der Waals surface area (Å²) in [7, 11) is 0. The maximum atomic E-state index is 11.4. The van der Waals surface area contributed by atoms with Gasteiger partial charge in [0, 0.05) is 5.75 Å². The molecule has 1 aromatic heterocycles. The number of oxazole rings is 1. The number of aromatic nitrogens is 1. The van der Waals surface area contributed by atoms with Crippen LogP contribution in [-0.4, -0.2) is 28.7 Å². The number of rotatable bonds is 8. The largest absolute Gasteiger partial charge is 0.440 e. The van der Waals surface area contributed by atoms with Crippen LogP contribution in [0.5, 0.6) is 0 Å². The number of carbonyl (C=O) groups is 1. The van der Waals surface area contributed by atoms with Gasteiger partial charge >= 0.3 is 0 Å². The van der Waals surface area contributed by atoms with Gasteiger partial charge < -0.3 is 15.5 Å². The van der Waals surface area contributed by atoms with Crippen LogP contribution in [0.2, 0.25) is 0 Å². The number of thioether (sulfide) groups is 1. The van der Waals surface area contributed by atoms with E-state index >= 15 is 0 Å². The first-order valence-corrected chi connectivity index (χ1v) is 7.06. The van der Waals surface area contributed by atoms with Crippen LogP contribution >= 0.6 is 11.8 Å². The molecule has 6 heteroatoms. The van der Waals surface area contributed by atoms with Crippen LogP contribution in [0.25, 0.3) is 0 Å². The molecular weight excluding hydrogens is 250 g/mol. The first kappa shape index (κ1) is 15.0. The van der Waals surface area contributed by atoms with Crippen molar-refractivity contribution < 1.29 is 9.21 Å². The van der Waals surface area contributed by atoms with Crippen LogP contribution in [0.3, 0.4) is 0 Å². The van der Waals surface area contributed by atoms with Gasteiger partial charge in [-0.25, -0.2) is 4.98 Å². The fraction of sp³-hybridized carbons (Fsp3) is 0.667. The van der Waals surface area contributed by atoms with Crippen LogP contribution in [0.15, 0.2) is 15.9 Å². The van der Waals surface area contributed by atoms with Crippen LogP contribution in [-0.2, 0) is 4.79 Å². The third-order valence-electron chi connectivity index (χ3n) is 2.76. The second-order valence-electron chi connectivity index (χ2n) is 4.43. The standard InChI is InChI=1S/C12H21N3O2S/c1-4-14-12(3,10(13)16)6-5-7-18-11-15-9(2)8-17-11/h8,14H,4-7H2,1-3H3,(H2,13,16). The van der Waals surface area contributed by atoms with E-state index in [0.717, 1.165) is 24.4 Å². The zero-order valence-corrected chi connectivity index (χ0v) is 12.0. The van der Waals surface area contributed by atoms with Crippen LogP contribution in [0, 0.1) is 6.92 Å². The van der Waals surface area contributed by atoms with Crippen molar-refractivity contribution in [3.63, 3.8) is 0 Å². The molecule has 0 spiro atoms. The van der Waals surface area contributed by atoms with Crippen molar-refractivity contribution in [2.24, 2.45) is 5.73 Å². The number of aryl methyl sites for hydroxylation is 1. The Labute approximate surface area is 112 Å². The molecule has 0 saturated heterocycles. The fourth-order valence-electron chi connectivity index (χ4n) is 1.67. The average Bonchev–Trinajstić information content (AvgIpc) is 2.71. The fourth-order valence-corrected chi connectivity index (χ4v) is 2.46. The van der Waals surface area contributed by atoms with Gasteiger partial charge in [-0.2, -0.15) is 0 Å². The number of amides is 1. The Kier molecular flexibility index (Phi) is 5.68. The van der Waals surface area contributed by atoms with E-state index in [4.69, 9.17) is 10.2 Å².